The van der Waals surface area contributed by atoms with E-state index in [1.165, 1.54) is 32.1 Å². The van der Waals surface area contributed by atoms with Gasteiger partial charge in [0.05, 0.1) is 0 Å². The topological polar surface area (TPSA) is 27.7 Å². The number of hydrogen-bond acceptors (Lipinski definition) is 3. The number of unbranched alkanes of at least 4 members (excludes halogenated alkanes) is 4. The van der Waals surface area contributed by atoms with Gasteiger partial charge in [0.2, 0.25) is 0 Å². The Hall–Kier alpha value is -0.120. The Morgan fingerprint density at radius 2 is 1.21 bits per heavy atom. The van der Waals surface area contributed by atoms with E-state index in [1.807, 2.05) is 20.8 Å². The maximum atomic E-state index is 5.81. The molecule has 0 aromatic rings. The van der Waals surface area contributed by atoms with Crippen LogP contribution in [-0.4, -0.2) is 25.8 Å². The predicted octanol–water partition coefficient (Wildman–Crippen LogP) is 4.75. The molecule has 0 bridgehead atoms. The molecular weight excluding hydrogens is 240 g/mol. The van der Waals surface area contributed by atoms with E-state index in [2.05, 4.69) is 13.8 Å². The lowest BCUT2D eigenvalue weighted by Gasteiger charge is -2.37. The van der Waals surface area contributed by atoms with E-state index in [9.17, 15) is 0 Å². The number of ether oxygens (including phenoxy) is 3. The fourth-order valence-corrected chi connectivity index (χ4v) is 2.39. The second kappa shape index (κ2) is 11.7. The minimum atomic E-state index is -0.844. The van der Waals surface area contributed by atoms with Crippen LogP contribution in [0.2, 0.25) is 0 Å². The van der Waals surface area contributed by atoms with Crippen LogP contribution in [-0.2, 0) is 14.2 Å². The fourth-order valence-electron chi connectivity index (χ4n) is 2.39. The molecule has 0 aliphatic carbocycles. The van der Waals surface area contributed by atoms with Gasteiger partial charge in [0, 0.05) is 25.7 Å². The monoisotopic (exact) mass is 274 g/mol. The third kappa shape index (κ3) is 7.28. The molecule has 0 radical (unpaired) electrons. The van der Waals surface area contributed by atoms with E-state index in [0.29, 0.717) is 19.8 Å². The Morgan fingerprint density at radius 1 is 0.737 bits per heavy atom. The highest BCUT2D eigenvalue weighted by atomic mass is 16.9. The highest BCUT2D eigenvalue weighted by Crippen LogP contribution is 2.30. The molecule has 0 aromatic carbocycles. The SMILES string of the molecule is CCCCCCCC(C)C(OCC)(OCC)OCC. The van der Waals surface area contributed by atoms with Crippen molar-refractivity contribution in [2.75, 3.05) is 19.8 Å². The Kier molecular flexibility index (Phi) is 11.6. The summed E-state index contributed by atoms with van der Waals surface area (Å²) >= 11 is 0. The molecule has 0 N–H and O–H groups in total. The van der Waals surface area contributed by atoms with E-state index in [1.54, 1.807) is 0 Å². The van der Waals surface area contributed by atoms with E-state index >= 15 is 0 Å². The molecule has 0 aromatic heterocycles. The molecule has 116 valence electrons. The summed E-state index contributed by atoms with van der Waals surface area (Å²) in [4.78, 5) is 0. The summed E-state index contributed by atoms with van der Waals surface area (Å²) in [5, 5.41) is 0. The lowest BCUT2D eigenvalue weighted by Crippen LogP contribution is -2.45. The lowest BCUT2D eigenvalue weighted by atomic mass is 9.99. The zero-order valence-corrected chi connectivity index (χ0v) is 13.7. The molecule has 1 unspecified atom stereocenters. The minimum absolute atomic E-state index is 0.258. The zero-order chi connectivity index (χ0) is 14.6. The Morgan fingerprint density at radius 3 is 1.63 bits per heavy atom. The van der Waals surface area contributed by atoms with Crippen LogP contribution in [0.4, 0.5) is 0 Å². The van der Waals surface area contributed by atoms with Crippen molar-refractivity contribution in [2.24, 2.45) is 5.92 Å². The first-order chi connectivity index (χ1) is 9.16. The maximum absolute atomic E-state index is 5.81. The standard InChI is InChI=1S/C16H34O3/c1-6-10-11-12-13-14-15(5)16(17-7-2,18-8-3)19-9-4/h15H,6-14H2,1-5H3. The summed E-state index contributed by atoms with van der Waals surface area (Å²) in [6.07, 6.45) is 7.55. The smallest absolute Gasteiger partial charge is 0.285 e. The van der Waals surface area contributed by atoms with Gasteiger partial charge in [0.25, 0.3) is 5.97 Å². The summed E-state index contributed by atoms with van der Waals surface area (Å²) in [5.74, 6) is -0.586. The molecule has 0 saturated carbocycles. The molecule has 0 rings (SSSR count). The van der Waals surface area contributed by atoms with Crippen LogP contribution >= 0.6 is 0 Å². The molecule has 3 heteroatoms. The van der Waals surface area contributed by atoms with Gasteiger partial charge in [-0.15, -0.1) is 0 Å². The van der Waals surface area contributed by atoms with Crippen LogP contribution in [0.3, 0.4) is 0 Å². The molecule has 3 nitrogen and oxygen atoms in total. The highest BCUT2D eigenvalue weighted by molar-refractivity contribution is 4.68. The summed E-state index contributed by atoms with van der Waals surface area (Å²) < 4.78 is 17.4. The molecule has 0 fully saturated rings. The number of rotatable bonds is 13. The summed E-state index contributed by atoms with van der Waals surface area (Å²) in [6, 6.07) is 0. The Balaban J connectivity index is 4.30. The van der Waals surface area contributed by atoms with Crippen molar-refractivity contribution < 1.29 is 14.2 Å². The van der Waals surface area contributed by atoms with Crippen molar-refractivity contribution in [2.45, 2.75) is 79.1 Å². The summed E-state index contributed by atoms with van der Waals surface area (Å²) in [6.45, 7) is 12.2. The number of hydrogen-bond donors (Lipinski definition) is 0. The minimum Gasteiger partial charge on any atom is -0.328 e. The van der Waals surface area contributed by atoms with Gasteiger partial charge in [0.15, 0.2) is 0 Å². The second-order valence-electron chi connectivity index (χ2n) is 5.01. The van der Waals surface area contributed by atoms with Crippen molar-refractivity contribution in [3.63, 3.8) is 0 Å². The van der Waals surface area contributed by atoms with Gasteiger partial charge in [-0.05, 0) is 27.2 Å². The van der Waals surface area contributed by atoms with Gasteiger partial charge in [-0.2, -0.15) is 0 Å². The largest absolute Gasteiger partial charge is 0.328 e. The molecule has 0 spiro atoms. The van der Waals surface area contributed by atoms with Crippen LogP contribution in [0, 0.1) is 5.92 Å². The van der Waals surface area contributed by atoms with Gasteiger partial charge in [-0.3, -0.25) is 0 Å². The highest BCUT2D eigenvalue weighted by Gasteiger charge is 2.38. The van der Waals surface area contributed by atoms with E-state index < -0.39 is 5.97 Å². The van der Waals surface area contributed by atoms with Gasteiger partial charge < -0.3 is 14.2 Å². The average Bonchev–Trinajstić information content (AvgIpc) is 2.39. The molecule has 0 amide bonds. The second-order valence-corrected chi connectivity index (χ2v) is 5.01. The van der Waals surface area contributed by atoms with E-state index in [0.717, 1.165) is 6.42 Å². The van der Waals surface area contributed by atoms with Crippen molar-refractivity contribution in [1.82, 2.24) is 0 Å². The third-order valence-corrected chi connectivity index (χ3v) is 3.38. The first kappa shape index (κ1) is 18.9. The maximum Gasteiger partial charge on any atom is 0.285 e. The zero-order valence-electron chi connectivity index (χ0n) is 13.7. The normalized spacial score (nSPS) is 13.7. The van der Waals surface area contributed by atoms with Gasteiger partial charge in [0.1, 0.15) is 0 Å². The molecule has 0 aliphatic heterocycles. The van der Waals surface area contributed by atoms with Crippen LogP contribution < -0.4 is 0 Å². The molecule has 1 atom stereocenters. The van der Waals surface area contributed by atoms with Crippen molar-refractivity contribution in [3.05, 3.63) is 0 Å². The van der Waals surface area contributed by atoms with Crippen LogP contribution in [0.25, 0.3) is 0 Å². The average molecular weight is 274 g/mol. The van der Waals surface area contributed by atoms with Crippen LogP contribution in [0.15, 0.2) is 0 Å². The quantitative estimate of drug-likeness (QED) is 0.358. The molecule has 0 saturated heterocycles. The fraction of sp³-hybridized carbons (Fsp3) is 1.00. The van der Waals surface area contributed by atoms with Crippen molar-refractivity contribution in [3.8, 4) is 0 Å². The molecule has 0 heterocycles. The molecule has 19 heavy (non-hydrogen) atoms. The van der Waals surface area contributed by atoms with E-state index in [4.69, 9.17) is 14.2 Å². The summed E-state index contributed by atoms with van der Waals surface area (Å²) in [7, 11) is 0. The van der Waals surface area contributed by atoms with Crippen LogP contribution in [0.5, 0.6) is 0 Å². The van der Waals surface area contributed by atoms with Gasteiger partial charge in [-0.25, -0.2) is 0 Å². The Labute approximate surface area is 120 Å². The van der Waals surface area contributed by atoms with E-state index in [-0.39, 0.29) is 5.92 Å². The molecular formula is C16H34O3. The predicted molar refractivity (Wildman–Crippen MR) is 80.1 cm³/mol. The van der Waals surface area contributed by atoms with Crippen molar-refractivity contribution >= 4 is 0 Å². The van der Waals surface area contributed by atoms with Gasteiger partial charge >= 0.3 is 0 Å². The van der Waals surface area contributed by atoms with Gasteiger partial charge in [-0.1, -0.05) is 46.0 Å². The Bertz CT molecular complexity index is 177. The third-order valence-electron chi connectivity index (χ3n) is 3.38. The lowest BCUT2D eigenvalue weighted by molar-refractivity contribution is -0.400. The van der Waals surface area contributed by atoms with Crippen molar-refractivity contribution in [1.29, 1.82) is 0 Å². The molecule has 0 aliphatic rings. The first-order valence-corrected chi connectivity index (χ1v) is 8.08. The van der Waals surface area contributed by atoms with Crippen LogP contribution in [0.1, 0.15) is 73.1 Å². The first-order valence-electron chi connectivity index (χ1n) is 8.08. The summed E-state index contributed by atoms with van der Waals surface area (Å²) in [5.41, 5.74) is 0.